The largest absolute Gasteiger partial charge is 0.340 e. The van der Waals surface area contributed by atoms with Crippen LogP contribution in [0, 0.1) is 0 Å². The Kier molecular flexibility index (Phi) is 3.60. The minimum Gasteiger partial charge on any atom is -0.340 e. The number of halogens is 1. The van der Waals surface area contributed by atoms with Crippen molar-refractivity contribution in [2.45, 2.75) is 19.5 Å². The fourth-order valence-corrected chi connectivity index (χ4v) is 2.32. The molecule has 1 atom stereocenters. The van der Waals surface area contributed by atoms with E-state index < -0.39 is 0 Å². The van der Waals surface area contributed by atoms with Gasteiger partial charge in [-0.15, -0.1) is 0 Å². The van der Waals surface area contributed by atoms with Crippen LogP contribution in [0.5, 0.6) is 0 Å². The molecule has 0 aliphatic heterocycles. The number of nitrogens with zero attached hydrogens (tertiary/aromatic N) is 4. The number of hydrazine groups is 1. The minimum absolute atomic E-state index is 0.173. The molecule has 0 saturated carbocycles. The molecule has 0 radical (unpaired) electrons. The van der Waals surface area contributed by atoms with Gasteiger partial charge < -0.3 is 4.57 Å². The Morgan fingerprint density at radius 3 is 2.88 bits per heavy atom. The molecule has 0 aliphatic rings. The summed E-state index contributed by atoms with van der Waals surface area (Å²) in [5.41, 5.74) is 4.63. The van der Waals surface area contributed by atoms with E-state index in [1.165, 1.54) is 0 Å². The van der Waals surface area contributed by atoms with Crippen molar-refractivity contribution in [1.29, 1.82) is 0 Å². The first kappa shape index (κ1) is 12.3. The van der Waals surface area contributed by atoms with E-state index in [0.29, 0.717) is 0 Å². The van der Waals surface area contributed by atoms with Crippen LogP contribution in [0.15, 0.2) is 23.2 Å². The minimum atomic E-state index is -0.173. The van der Waals surface area contributed by atoms with Crippen LogP contribution in [0.2, 0.25) is 0 Å². The van der Waals surface area contributed by atoms with Crippen molar-refractivity contribution in [3.8, 4) is 0 Å². The van der Waals surface area contributed by atoms with Crippen molar-refractivity contribution in [3.63, 3.8) is 0 Å². The second-order valence-corrected chi connectivity index (χ2v) is 4.61. The fourth-order valence-electron chi connectivity index (χ4n) is 1.80. The molecule has 6 nitrogen and oxygen atoms in total. The molecule has 92 valence electrons. The molecular formula is C10H15BrN6. The van der Waals surface area contributed by atoms with Crippen molar-refractivity contribution in [3.05, 3.63) is 34.6 Å². The lowest BCUT2D eigenvalue weighted by molar-refractivity contribution is 0.535. The van der Waals surface area contributed by atoms with Crippen molar-refractivity contribution in [2.24, 2.45) is 12.9 Å². The van der Waals surface area contributed by atoms with Gasteiger partial charge in [-0.2, -0.15) is 5.10 Å². The lowest BCUT2D eigenvalue weighted by Crippen LogP contribution is -2.31. The quantitative estimate of drug-likeness (QED) is 0.651. The first-order valence-electron chi connectivity index (χ1n) is 5.32. The van der Waals surface area contributed by atoms with E-state index in [4.69, 9.17) is 5.84 Å². The predicted octanol–water partition coefficient (Wildman–Crippen LogP) is 0.952. The zero-order valence-corrected chi connectivity index (χ0v) is 11.3. The van der Waals surface area contributed by atoms with E-state index >= 15 is 0 Å². The van der Waals surface area contributed by atoms with Crippen molar-refractivity contribution < 1.29 is 0 Å². The molecule has 7 heteroatoms. The third-order valence-electron chi connectivity index (χ3n) is 2.59. The van der Waals surface area contributed by atoms with Crippen LogP contribution in [-0.4, -0.2) is 19.3 Å². The first-order chi connectivity index (χ1) is 8.17. The molecular weight excluding hydrogens is 284 g/mol. The third kappa shape index (κ3) is 2.26. The lowest BCUT2D eigenvalue weighted by atomic mass is 10.1. The van der Waals surface area contributed by atoms with Gasteiger partial charge in [-0.05, 0) is 22.9 Å². The summed E-state index contributed by atoms with van der Waals surface area (Å²) in [4.78, 5) is 4.32. The Morgan fingerprint density at radius 2 is 2.35 bits per heavy atom. The second-order valence-electron chi connectivity index (χ2n) is 3.76. The van der Waals surface area contributed by atoms with Crippen molar-refractivity contribution in [2.75, 3.05) is 0 Å². The third-order valence-corrected chi connectivity index (χ3v) is 3.20. The monoisotopic (exact) mass is 298 g/mol. The van der Waals surface area contributed by atoms with Crippen LogP contribution in [0.4, 0.5) is 0 Å². The summed E-state index contributed by atoms with van der Waals surface area (Å²) in [6.07, 6.45) is 5.45. The van der Waals surface area contributed by atoms with Gasteiger partial charge in [0.15, 0.2) is 0 Å². The van der Waals surface area contributed by atoms with E-state index in [2.05, 4.69) is 31.4 Å². The molecule has 0 aliphatic carbocycles. The number of hydrogen-bond donors (Lipinski definition) is 2. The van der Waals surface area contributed by atoms with E-state index in [-0.39, 0.29) is 6.04 Å². The molecule has 2 rings (SSSR count). The smallest absolute Gasteiger partial charge is 0.108 e. The number of hydrogen-bond acceptors (Lipinski definition) is 4. The molecule has 3 N–H and O–H groups in total. The van der Waals surface area contributed by atoms with Crippen LogP contribution >= 0.6 is 15.9 Å². The van der Waals surface area contributed by atoms with Crippen LogP contribution in [0.25, 0.3) is 0 Å². The molecule has 0 amide bonds. The maximum atomic E-state index is 5.64. The standard InChI is InChI=1S/C10H15BrN6/c1-3-17-10(7(11)4-14-17)9(15-12)8-5-16(2)6-13-8/h4-6,9,15H,3,12H2,1-2H3. The zero-order chi connectivity index (χ0) is 12.4. The number of imidazole rings is 1. The van der Waals surface area contributed by atoms with Gasteiger partial charge in [0.2, 0.25) is 0 Å². The van der Waals surface area contributed by atoms with E-state index in [1.807, 2.05) is 29.4 Å². The van der Waals surface area contributed by atoms with Crippen molar-refractivity contribution >= 4 is 15.9 Å². The van der Waals surface area contributed by atoms with Crippen LogP contribution in [-0.2, 0) is 13.6 Å². The molecule has 0 spiro atoms. The summed E-state index contributed by atoms with van der Waals surface area (Å²) in [6.45, 7) is 2.82. The average molecular weight is 299 g/mol. The average Bonchev–Trinajstić information content (AvgIpc) is 2.89. The van der Waals surface area contributed by atoms with Gasteiger partial charge in [-0.25, -0.2) is 10.4 Å². The Balaban J connectivity index is 2.44. The summed E-state index contributed by atoms with van der Waals surface area (Å²) < 4.78 is 4.71. The lowest BCUT2D eigenvalue weighted by Gasteiger charge is -2.15. The maximum absolute atomic E-state index is 5.64. The van der Waals surface area contributed by atoms with Gasteiger partial charge in [0.05, 0.1) is 28.4 Å². The topological polar surface area (TPSA) is 73.7 Å². The number of aryl methyl sites for hydroxylation is 2. The molecule has 0 aromatic carbocycles. The highest BCUT2D eigenvalue weighted by molar-refractivity contribution is 9.10. The first-order valence-corrected chi connectivity index (χ1v) is 6.11. The Bertz CT molecular complexity index is 503. The van der Waals surface area contributed by atoms with E-state index in [0.717, 1.165) is 22.4 Å². The zero-order valence-electron chi connectivity index (χ0n) is 9.76. The number of rotatable bonds is 4. The van der Waals surface area contributed by atoms with Crippen LogP contribution < -0.4 is 11.3 Å². The maximum Gasteiger partial charge on any atom is 0.108 e. The Labute approximate surface area is 108 Å². The van der Waals surface area contributed by atoms with Crippen molar-refractivity contribution in [1.82, 2.24) is 24.8 Å². The summed E-state index contributed by atoms with van der Waals surface area (Å²) in [6, 6.07) is -0.173. The number of nitrogens with one attached hydrogen (secondary N) is 1. The van der Waals surface area contributed by atoms with Gasteiger partial charge in [-0.3, -0.25) is 10.5 Å². The second kappa shape index (κ2) is 4.99. The molecule has 2 aromatic heterocycles. The SMILES string of the molecule is CCn1ncc(Br)c1C(NN)c1cn(C)cn1. The van der Waals surface area contributed by atoms with Crippen LogP contribution in [0.3, 0.4) is 0 Å². The summed E-state index contributed by atoms with van der Waals surface area (Å²) in [5, 5.41) is 4.28. The molecule has 17 heavy (non-hydrogen) atoms. The molecule has 2 aromatic rings. The Hall–Kier alpha value is -1.18. The fraction of sp³-hybridized carbons (Fsp3) is 0.400. The van der Waals surface area contributed by atoms with E-state index in [9.17, 15) is 0 Å². The summed E-state index contributed by atoms with van der Waals surface area (Å²) >= 11 is 3.49. The Morgan fingerprint density at radius 1 is 1.59 bits per heavy atom. The number of aromatic nitrogens is 4. The highest BCUT2D eigenvalue weighted by Crippen LogP contribution is 2.26. The van der Waals surface area contributed by atoms with Crippen LogP contribution in [0.1, 0.15) is 24.4 Å². The van der Waals surface area contributed by atoms with Gasteiger partial charge in [0.1, 0.15) is 6.04 Å². The van der Waals surface area contributed by atoms with Gasteiger partial charge in [-0.1, -0.05) is 0 Å². The molecule has 0 fully saturated rings. The molecule has 1 unspecified atom stereocenters. The summed E-state index contributed by atoms with van der Waals surface area (Å²) in [5.74, 6) is 5.64. The number of nitrogens with two attached hydrogens (primary N) is 1. The van der Waals surface area contributed by atoms with Gasteiger partial charge in [0, 0.05) is 19.8 Å². The molecule has 0 bridgehead atoms. The molecule has 0 saturated heterocycles. The van der Waals surface area contributed by atoms with E-state index in [1.54, 1.807) is 12.5 Å². The molecule has 2 heterocycles. The highest BCUT2D eigenvalue weighted by atomic mass is 79.9. The van der Waals surface area contributed by atoms with Gasteiger partial charge >= 0.3 is 0 Å². The summed E-state index contributed by atoms with van der Waals surface area (Å²) in [7, 11) is 1.93. The highest BCUT2D eigenvalue weighted by Gasteiger charge is 2.22. The van der Waals surface area contributed by atoms with Gasteiger partial charge in [0.25, 0.3) is 0 Å². The predicted molar refractivity (Wildman–Crippen MR) is 68.0 cm³/mol. The normalized spacial score (nSPS) is 12.9.